The smallest absolute Gasteiger partial charge is 0.306 e. The SMILES string of the molecule is CC/C=C\C/C=C\C/C=C\C/C=C\C/C=C\CCCCCCCCCCCCCC(=O)OCC(COC(=O)CCCC/C=C\C/C=C\C/C=C\C/C=C\CC)OC(=O)CCCCCCCCC/C=C\CCCCCCCC. The molecule has 1 atom stereocenters. The fourth-order valence-electron chi connectivity index (χ4n) is 8.69. The van der Waals surface area contributed by atoms with E-state index in [9.17, 15) is 14.4 Å². The van der Waals surface area contributed by atoms with Crippen molar-refractivity contribution in [1.82, 2.24) is 0 Å². The van der Waals surface area contributed by atoms with E-state index in [2.05, 4.69) is 142 Å². The van der Waals surface area contributed by atoms with Crippen LogP contribution in [-0.4, -0.2) is 37.2 Å². The normalized spacial score (nSPS) is 12.9. The summed E-state index contributed by atoms with van der Waals surface area (Å²) < 4.78 is 16.9. The average Bonchev–Trinajstić information content (AvgIpc) is 3.43. The Hall–Kier alpha value is -4.19. The van der Waals surface area contributed by atoms with Crippen molar-refractivity contribution in [3.8, 4) is 0 Å². The van der Waals surface area contributed by atoms with Crippen LogP contribution in [-0.2, 0) is 28.6 Å². The lowest BCUT2D eigenvalue weighted by Gasteiger charge is -2.18. The number of unbranched alkanes of at least 4 members (excludes halogenated alkanes) is 26. The van der Waals surface area contributed by atoms with E-state index in [0.29, 0.717) is 19.3 Å². The number of esters is 3. The quantitative estimate of drug-likeness (QED) is 0.0261. The fourth-order valence-corrected chi connectivity index (χ4v) is 8.69. The molecule has 0 heterocycles. The molecule has 0 spiro atoms. The summed E-state index contributed by atoms with van der Waals surface area (Å²) in [5.41, 5.74) is 0. The topological polar surface area (TPSA) is 78.9 Å². The van der Waals surface area contributed by atoms with Gasteiger partial charge in [-0.3, -0.25) is 14.4 Å². The molecule has 438 valence electrons. The number of ether oxygens (including phenoxy) is 3. The molecule has 0 fully saturated rings. The van der Waals surface area contributed by atoms with Crippen LogP contribution in [0.3, 0.4) is 0 Å². The first-order valence-corrected chi connectivity index (χ1v) is 32.0. The Morgan fingerprint density at radius 1 is 0.273 bits per heavy atom. The first kappa shape index (κ1) is 72.8. The molecule has 0 aliphatic heterocycles. The van der Waals surface area contributed by atoms with E-state index >= 15 is 0 Å². The highest BCUT2D eigenvalue weighted by Gasteiger charge is 2.19. The van der Waals surface area contributed by atoms with E-state index in [4.69, 9.17) is 14.2 Å². The van der Waals surface area contributed by atoms with Gasteiger partial charge >= 0.3 is 17.9 Å². The summed E-state index contributed by atoms with van der Waals surface area (Å²) >= 11 is 0. The molecule has 0 saturated carbocycles. The summed E-state index contributed by atoms with van der Waals surface area (Å²) in [5.74, 6) is -0.941. The van der Waals surface area contributed by atoms with Crippen molar-refractivity contribution in [2.75, 3.05) is 13.2 Å². The van der Waals surface area contributed by atoms with Crippen molar-refractivity contribution in [2.24, 2.45) is 0 Å². The lowest BCUT2D eigenvalue weighted by atomic mass is 10.0. The minimum Gasteiger partial charge on any atom is -0.462 e. The van der Waals surface area contributed by atoms with Crippen LogP contribution in [0.2, 0.25) is 0 Å². The Labute approximate surface area is 475 Å². The minimum absolute atomic E-state index is 0.0959. The zero-order valence-corrected chi connectivity index (χ0v) is 50.2. The summed E-state index contributed by atoms with van der Waals surface area (Å²) in [6, 6.07) is 0. The third-order valence-corrected chi connectivity index (χ3v) is 13.4. The van der Waals surface area contributed by atoms with Gasteiger partial charge in [0.25, 0.3) is 0 Å². The van der Waals surface area contributed by atoms with E-state index in [0.717, 1.165) is 116 Å². The van der Waals surface area contributed by atoms with Gasteiger partial charge in [0.05, 0.1) is 0 Å². The van der Waals surface area contributed by atoms with E-state index < -0.39 is 6.10 Å². The molecule has 0 rings (SSSR count). The molecule has 0 aromatic rings. The van der Waals surface area contributed by atoms with Crippen molar-refractivity contribution in [1.29, 1.82) is 0 Å². The maximum absolute atomic E-state index is 12.9. The summed E-state index contributed by atoms with van der Waals surface area (Å²) in [6.07, 6.45) is 89.2. The molecule has 6 heteroatoms. The number of hydrogen-bond donors (Lipinski definition) is 0. The second-order valence-corrected chi connectivity index (χ2v) is 20.9. The lowest BCUT2D eigenvalue weighted by Crippen LogP contribution is -2.30. The largest absolute Gasteiger partial charge is 0.462 e. The fraction of sp³-hybridized carbons (Fsp3) is 0.676. The standard InChI is InChI=1S/C71H118O6/c1-4-7-10-13-16-19-22-25-28-30-31-32-33-34-35-36-37-38-39-41-43-46-49-52-55-58-61-64-70(73)76-67-68(66-75-69(72)63-60-57-54-51-48-45-42-27-24-21-18-15-12-9-6-3)77-71(74)65-62-59-56-53-50-47-44-40-29-26-23-20-17-14-11-8-5-2/h7,9-10,12,16,18-19,21,25-29,31-32,34-35,42,48,51,68H,4-6,8,11,13-15,17,20,22-24,30,33,36-41,43-47,49-50,52-67H2,1-3H3/b10-7-,12-9-,19-16-,21-18-,28-25-,29-26-,32-31-,35-34-,42-27-,51-48-. The van der Waals surface area contributed by atoms with Gasteiger partial charge in [0.1, 0.15) is 13.2 Å². The Kier molecular flexibility index (Phi) is 60.8. The average molecular weight is 1070 g/mol. The summed E-state index contributed by atoms with van der Waals surface area (Å²) in [4.78, 5) is 38.3. The molecule has 0 radical (unpaired) electrons. The first-order chi connectivity index (χ1) is 38.0. The van der Waals surface area contributed by atoms with Crippen molar-refractivity contribution in [3.05, 3.63) is 122 Å². The molecule has 0 N–H and O–H groups in total. The van der Waals surface area contributed by atoms with Gasteiger partial charge in [0, 0.05) is 19.3 Å². The van der Waals surface area contributed by atoms with Gasteiger partial charge in [-0.1, -0.05) is 264 Å². The highest BCUT2D eigenvalue weighted by atomic mass is 16.6. The molecular weight excluding hydrogens is 949 g/mol. The monoisotopic (exact) mass is 1070 g/mol. The van der Waals surface area contributed by atoms with E-state index in [1.165, 1.54) is 135 Å². The molecular formula is C71H118O6. The lowest BCUT2D eigenvalue weighted by molar-refractivity contribution is -0.167. The van der Waals surface area contributed by atoms with E-state index in [-0.39, 0.29) is 31.1 Å². The minimum atomic E-state index is -0.802. The second-order valence-electron chi connectivity index (χ2n) is 20.9. The molecule has 77 heavy (non-hydrogen) atoms. The maximum atomic E-state index is 12.9. The van der Waals surface area contributed by atoms with Gasteiger partial charge in [-0.25, -0.2) is 0 Å². The summed E-state index contributed by atoms with van der Waals surface area (Å²) in [5, 5.41) is 0. The van der Waals surface area contributed by atoms with Crippen molar-refractivity contribution in [3.63, 3.8) is 0 Å². The molecule has 0 aliphatic rings. The van der Waals surface area contributed by atoms with Gasteiger partial charge in [-0.15, -0.1) is 0 Å². The van der Waals surface area contributed by atoms with Crippen LogP contribution in [0.5, 0.6) is 0 Å². The third kappa shape index (κ3) is 62.5. The van der Waals surface area contributed by atoms with Crippen LogP contribution in [0.1, 0.15) is 290 Å². The predicted molar refractivity (Wildman–Crippen MR) is 334 cm³/mol. The summed E-state index contributed by atoms with van der Waals surface area (Å²) in [7, 11) is 0. The predicted octanol–water partition coefficient (Wildman–Crippen LogP) is 22.0. The van der Waals surface area contributed by atoms with Gasteiger partial charge < -0.3 is 14.2 Å². The van der Waals surface area contributed by atoms with Crippen LogP contribution in [0.15, 0.2) is 122 Å². The van der Waals surface area contributed by atoms with Gasteiger partial charge in [-0.05, 0) is 128 Å². The highest BCUT2D eigenvalue weighted by Crippen LogP contribution is 2.15. The Morgan fingerprint density at radius 3 is 0.831 bits per heavy atom. The van der Waals surface area contributed by atoms with Crippen molar-refractivity contribution < 1.29 is 28.6 Å². The van der Waals surface area contributed by atoms with Crippen LogP contribution < -0.4 is 0 Å². The number of carbonyl (C=O) groups excluding carboxylic acids is 3. The summed E-state index contributed by atoms with van der Waals surface area (Å²) in [6.45, 7) is 6.38. The number of allylic oxidation sites excluding steroid dienone is 20. The molecule has 0 bridgehead atoms. The van der Waals surface area contributed by atoms with Gasteiger partial charge in [0.15, 0.2) is 6.10 Å². The molecule has 0 aliphatic carbocycles. The second kappa shape index (κ2) is 64.3. The zero-order valence-electron chi connectivity index (χ0n) is 50.2. The maximum Gasteiger partial charge on any atom is 0.306 e. The zero-order chi connectivity index (χ0) is 55.7. The van der Waals surface area contributed by atoms with Crippen LogP contribution >= 0.6 is 0 Å². The van der Waals surface area contributed by atoms with Crippen LogP contribution in [0, 0.1) is 0 Å². The molecule has 0 aromatic carbocycles. The molecule has 0 saturated heterocycles. The van der Waals surface area contributed by atoms with Gasteiger partial charge in [-0.2, -0.15) is 0 Å². The highest BCUT2D eigenvalue weighted by molar-refractivity contribution is 5.71. The van der Waals surface area contributed by atoms with Crippen LogP contribution in [0.25, 0.3) is 0 Å². The number of hydrogen-bond acceptors (Lipinski definition) is 6. The van der Waals surface area contributed by atoms with E-state index in [1.54, 1.807) is 0 Å². The molecule has 0 aromatic heterocycles. The van der Waals surface area contributed by atoms with Crippen LogP contribution in [0.4, 0.5) is 0 Å². The molecule has 6 nitrogen and oxygen atoms in total. The van der Waals surface area contributed by atoms with Crippen molar-refractivity contribution >= 4 is 17.9 Å². The number of carbonyl (C=O) groups is 3. The molecule has 0 amide bonds. The Balaban J connectivity index is 4.37. The first-order valence-electron chi connectivity index (χ1n) is 32.0. The Morgan fingerprint density at radius 2 is 0.506 bits per heavy atom. The van der Waals surface area contributed by atoms with Crippen molar-refractivity contribution in [2.45, 2.75) is 297 Å². The van der Waals surface area contributed by atoms with E-state index in [1.807, 2.05) is 0 Å². The third-order valence-electron chi connectivity index (χ3n) is 13.4. The molecule has 1 unspecified atom stereocenters. The van der Waals surface area contributed by atoms with Gasteiger partial charge in [0.2, 0.25) is 0 Å². The Bertz CT molecular complexity index is 1600. The number of rotatable bonds is 57.